The van der Waals surface area contributed by atoms with Crippen molar-refractivity contribution in [2.45, 2.75) is 6.42 Å². The Bertz CT molecular complexity index is 1610. The molecule has 1 fully saturated rings. The third kappa shape index (κ3) is 5.51. The molecule has 10 heteroatoms. The van der Waals surface area contributed by atoms with Crippen LogP contribution < -0.4 is 10.2 Å². The molecule has 0 atom stereocenters. The monoisotopic (exact) mass is 558 g/mol. The van der Waals surface area contributed by atoms with Gasteiger partial charge in [0.25, 0.3) is 0 Å². The SMILES string of the molecule is C=CC(=O)N1CCN(c2nc(NCCC(=O)N(C)C)nc3cc(-c4cc(O)cc5ccccc45)c(Cl)cc23)CC1. The number of amides is 2. The summed E-state index contributed by atoms with van der Waals surface area (Å²) < 4.78 is 0. The number of rotatable bonds is 7. The molecule has 1 aliphatic heterocycles. The smallest absolute Gasteiger partial charge is 0.246 e. The van der Waals surface area contributed by atoms with Gasteiger partial charge in [-0.15, -0.1) is 0 Å². The molecule has 4 aromatic rings. The average molecular weight is 559 g/mol. The van der Waals surface area contributed by atoms with Crippen LogP contribution in [0.25, 0.3) is 32.8 Å². The lowest BCUT2D eigenvalue weighted by atomic mass is 9.96. The summed E-state index contributed by atoms with van der Waals surface area (Å²) in [6.07, 6.45) is 1.63. The summed E-state index contributed by atoms with van der Waals surface area (Å²) in [5.41, 5.74) is 2.20. The minimum absolute atomic E-state index is 0.00125. The van der Waals surface area contributed by atoms with Crippen molar-refractivity contribution in [1.29, 1.82) is 0 Å². The fourth-order valence-corrected chi connectivity index (χ4v) is 5.22. The van der Waals surface area contributed by atoms with Crippen LogP contribution in [0, 0.1) is 0 Å². The molecule has 1 aliphatic rings. The van der Waals surface area contributed by atoms with Crippen molar-refractivity contribution in [3.05, 3.63) is 66.2 Å². The number of piperazine rings is 1. The van der Waals surface area contributed by atoms with Crippen molar-refractivity contribution in [3.8, 4) is 16.9 Å². The molecule has 0 spiro atoms. The Kier molecular flexibility index (Phi) is 7.75. The number of nitrogens with zero attached hydrogens (tertiary/aromatic N) is 5. The van der Waals surface area contributed by atoms with Crippen molar-refractivity contribution >= 4 is 56.9 Å². The van der Waals surface area contributed by atoms with E-state index in [9.17, 15) is 14.7 Å². The molecule has 0 radical (unpaired) electrons. The highest BCUT2D eigenvalue weighted by atomic mass is 35.5. The van der Waals surface area contributed by atoms with Crippen LogP contribution in [0.5, 0.6) is 5.75 Å². The molecule has 1 aromatic heterocycles. The molecular weight excluding hydrogens is 528 g/mol. The highest BCUT2D eigenvalue weighted by Crippen LogP contribution is 2.40. The predicted octanol–water partition coefficient (Wildman–Crippen LogP) is 4.53. The molecule has 1 saturated heterocycles. The van der Waals surface area contributed by atoms with Crippen molar-refractivity contribution in [1.82, 2.24) is 19.8 Å². The number of carbonyl (C=O) groups is 2. The molecule has 2 amide bonds. The first-order valence-corrected chi connectivity index (χ1v) is 13.5. The third-order valence-corrected chi connectivity index (χ3v) is 7.40. The fourth-order valence-electron chi connectivity index (χ4n) is 4.95. The average Bonchev–Trinajstić information content (AvgIpc) is 2.95. The van der Waals surface area contributed by atoms with E-state index in [1.165, 1.54) is 6.08 Å². The van der Waals surface area contributed by atoms with Crippen molar-refractivity contribution < 1.29 is 14.7 Å². The number of benzene rings is 3. The van der Waals surface area contributed by atoms with Gasteiger partial charge in [0.15, 0.2) is 0 Å². The number of phenolic OH excluding ortho intramolecular Hbond substituents is 1. The first-order valence-electron chi connectivity index (χ1n) is 13.1. The number of fused-ring (bicyclic) bond motifs is 2. The van der Waals surface area contributed by atoms with E-state index in [1.54, 1.807) is 36.0 Å². The van der Waals surface area contributed by atoms with E-state index in [1.807, 2.05) is 36.4 Å². The predicted molar refractivity (Wildman–Crippen MR) is 160 cm³/mol. The molecule has 0 saturated carbocycles. The molecule has 206 valence electrons. The zero-order valence-corrected chi connectivity index (χ0v) is 23.3. The molecular formula is C30H31ClN6O3. The van der Waals surface area contributed by atoms with E-state index in [0.29, 0.717) is 61.5 Å². The van der Waals surface area contributed by atoms with Crippen LogP contribution in [-0.2, 0) is 9.59 Å². The van der Waals surface area contributed by atoms with Crippen LogP contribution in [0.2, 0.25) is 5.02 Å². The molecule has 40 heavy (non-hydrogen) atoms. The van der Waals surface area contributed by atoms with Gasteiger partial charge in [-0.1, -0.05) is 42.4 Å². The Morgan fingerprint density at radius 2 is 1.80 bits per heavy atom. The maximum atomic E-state index is 12.1. The fraction of sp³-hybridized carbons (Fsp3) is 0.267. The Hall–Kier alpha value is -4.37. The summed E-state index contributed by atoms with van der Waals surface area (Å²) in [6, 6.07) is 15.0. The third-order valence-electron chi connectivity index (χ3n) is 7.09. The van der Waals surface area contributed by atoms with E-state index in [4.69, 9.17) is 21.6 Å². The summed E-state index contributed by atoms with van der Waals surface area (Å²) in [5, 5.41) is 16.8. The van der Waals surface area contributed by atoms with Crippen molar-refractivity contribution in [3.63, 3.8) is 0 Å². The lowest BCUT2D eigenvalue weighted by molar-refractivity contribution is -0.128. The lowest BCUT2D eigenvalue weighted by Crippen LogP contribution is -2.48. The largest absolute Gasteiger partial charge is 0.508 e. The van der Waals surface area contributed by atoms with Gasteiger partial charge in [-0.25, -0.2) is 4.98 Å². The van der Waals surface area contributed by atoms with E-state index in [2.05, 4.69) is 16.8 Å². The van der Waals surface area contributed by atoms with Crippen LogP contribution in [0.15, 0.2) is 61.2 Å². The summed E-state index contributed by atoms with van der Waals surface area (Å²) >= 11 is 6.90. The number of aromatic hydroxyl groups is 1. The van der Waals surface area contributed by atoms with E-state index in [0.717, 1.165) is 27.3 Å². The first kappa shape index (κ1) is 27.2. The number of hydrogen-bond acceptors (Lipinski definition) is 7. The summed E-state index contributed by atoms with van der Waals surface area (Å²) in [5.74, 6) is 1.15. The quantitative estimate of drug-likeness (QED) is 0.321. The van der Waals surface area contributed by atoms with Crippen molar-refractivity contribution in [2.75, 3.05) is 57.0 Å². The summed E-state index contributed by atoms with van der Waals surface area (Å²) in [7, 11) is 3.44. The van der Waals surface area contributed by atoms with Gasteiger partial charge in [0, 0.05) is 69.2 Å². The first-order chi connectivity index (χ1) is 19.2. The molecule has 2 heterocycles. The molecule has 5 rings (SSSR count). The highest BCUT2D eigenvalue weighted by Gasteiger charge is 2.24. The van der Waals surface area contributed by atoms with E-state index in [-0.39, 0.29) is 17.6 Å². The maximum absolute atomic E-state index is 12.1. The zero-order valence-electron chi connectivity index (χ0n) is 22.5. The number of carbonyl (C=O) groups excluding carboxylic acids is 2. The highest BCUT2D eigenvalue weighted by molar-refractivity contribution is 6.35. The maximum Gasteiger partial charge on any atom is 0.246 e. The number of aromatic nitrogens is 2. The van der Waals surface area contributed by atoms with E-state index < -0.39 is 0 Å². The number of anilines is 2. The number of nitrogens with one attached hydrogen (secondary N) is 1. The van der Waals surface area contributed by atoms with Gasteiger partial charge in [-0.2, -0.15) is 4.98 Å². The van der Waals surface area contributed by atoms with Crippen LogP contribution in [0.3, 0.4) is 0 Å². The van der Waals surface area contributed by atoms with Gasteiger partial charge in [-0.05, 0) is 46.7 Å². The number of hydrogen-bond donors (Lipinski definition) is 2. The van der Waals surface area contributed by atoms with Crippen LogP contribution in [0.1, 0.15) is 6.42 Å². The Labute approximate surface area is 237 Å². The topological polar surface area (TPSA) is 102 Å². The Balaban J connectivity index is 1.58. The van der Waals surface area contributed by atoms with Crippen LogP contribution in [0.4, 0.5) is 11.8 Å². The minimum Gasteiger partial charge on any atom is -0.508 e. The second-order valence-electron chi connectivity index (χ2n) is 9.92. The second kappa shape index (κ2) is 11.4. The molecule has 2 N–H and O–H groups in total. The van der Waals surface area contributed by atoms with E-state index >= 15 is 0 Å². The molecule has 9 nitrogen and oxygen atoms in total. The zero-order chi connectivity index (χ0) is 28.4. The standard InChI is InChI=1S/C30H31ClN6O3/c1-4-27(39)36-11-13-37(14-12-36)29-24-17-25(31)23(22-16-20(38)15-19-7-5-6-8-21(19)22)18-26(24)33-30(34-29)32-10-9-28(40)35(2)3/h4-8,15-18,38H,1,9-14H2,2-3H3,(H,32,33,34). The molecule has 0 unspecified atom stereocenters. The summed E-state index contributed by atoms with van der Waals surface area (Å²) in [6.45, 7) is 6.22. The summed E-state index contributed by atoms with van der Waals surface area (Å²) in [4.78, 5) is 39.3. The molecule has 0 aliphatic carbocycles. The van der Waals surface area contributed by atoms with Gasteiger partial charge in [0.1, 0.15) is 11.6 Å². The van der Waals surface area contributed by atoms with Crippen LogP contribution >= 0.6 is 11.6 Å². The van der Waals surface area contributed by atoms with Crippen LogP contribution in [-0.4, -0.2) is 83.5 Å². The molecule has 3 aromatic carbocycles. The number of halogens is 1. The normalized spacial score (nSPS) is 13.5. The van der Waals surface area contributed by atoms with Crippen molar-refractivity contribution in [2.24, 2.45) is 0 Å². The van der Waals surface area contributed by atoms with Gasteiger partial charge in [0.05, 0.1) is 5.52 Å². The lowest BCUT2D eigenvalue weighted by Gasteiger charge is -2.35. The Morgan fingerprint density at radius 1 is 1.05 bits per heavy atom. The van der Waals surface area contributed by atoms with Gasteiger partial charge < -0.3 is 25.1 Å². The second-order valence-corrected chi connectivity index (χ2v) is 10.3. The minimum atomic E-state index is -0.0915. The Morgan fingerprint density at radius 3 is 2.52 bits per heavy atom. The van der Waals surface area contributed by atoms with Gasteiger partial charge in [-0.3, -0.25) is 9.59 Å². The molecule has 0 bridgehead atoms. The number of phenols is 1. The van der Waals surface area contributed by atoms with Gasteiger partial charge in [0.2, 0.25) is 17.8 Å². The van der Waals surface area contributed by atoms with Gasteiger partial charge >= 0.3 is 0 Å².